The SMILES string of the molecule is CN/C(C)=C(/CCOc1cc(F)ccc1-c1ccc(NC)c(C(=N)CN)c1)C(C)=N. The molecule has 160 valence electrons. The molecule has 0 saturated carbocycles. The molecule has 6 nitrogen and oxygen atoms in total. The first kappa shape index (κ1) is 23.1. The summed E-state index contributed by atoms with van der Waals surface area (Å²) in [4.78, 5) is 0. The van der Waals surface area contributed by atoms with E-state index in [4.69, 9.17) is 21.3 Å². The molecule has 0 aliphatic rings. The molecule has 0 atom stereocenters. The van der Waals surface area contributed by atoms with Crippen LogP contribution in [0.25, 0.3) is 11.1 Å². The maximum absolute atomic E-state index is 13.9. The number of ether oxygens (including phenoxy) is 1. The zero-order chi connectivity index (χ0) is 22.3. The van der Waals surface area contributed by atoms with E-state index < -0.39 is 0 Å². The highest BCUT2D eigenvalue weighted by Crippen LogP contribution is 2.33. The Morgan fingerprint density at radius 3 is 2.43 bits per heavy atom. The molecule has 0 heterocycles. The zero-order valence-electron chi connectivity index (χ0n) is 17.9. The summed E-state index contributed by atoms with van der Waals surface area (Å²) in [7, 11) is 3.60. The predicted octanol–water partition coefficient (Wildman–Crippen LogP) is 4.16. The van der Waals surface area contributed by atoms with Crippen LogP contribution in [0.3, 0.4) is 0 Å². The summed E-state index contributed by atoms with van der Waals surface area (Å²) in [5.41, 5.74) is 11.3. The Morgan fingerprint density at radius 1 is 1.10 bits per heavy atom. The number of benzene rings is 2. The molecule has 0 aliphatic carbocycles. The van der Waals surface area contributed by atoms with Crippen LogP contribution < -0.4 is 21.1 Å². The maximum Gasteiger partial charge on any atom is 0.130 e. The van der Waals surface area contributed by atoms with Crippen LogP contribution in [0.2, 0.25) is 0 Å². The molecule has 2 rings (SSSR count). The molecule has 0 aromatic heterocycles. The molecule has 0 bridgehead atoms. The first-order chi connectivity index (χ1) is 14.3. The molecule has 0 radical (unpaired) electrons. The third-order valence-corrected chi connectivity index (χ3v) is 4.96. The van der Waals surface area contributed by atoms with Gasteiger partial charge in [0, 0.05) is 61.4 Å². The summed E-state index contributed by atoms with van der Waals surface area (Å²) in [6.07, 6.45) is 0.528. The Bertz CT molecular complexity index is 968. The smallest absolute Gasteiger partial charge is 0.130 e. The molecule has 0 amide bonds. The lowest BCUT2D eigenvalue weighted by molar-refractivity contribution is 0.322. The second-order valence-electron chi connectivity index (χ2n) is 6.91. The fourth-order valence-electron chi connectivity index (χ4n) is 3.21. The molecule has 2 aromatic carbocycles. The van der Waals surface area contributed by atoms with E-state index in [1.165, 1.54) is 12.1 Å². The summed E-state index contributed by atoms with van der Waals surface area (Å²) < 4.78 is 19.9. The van der Waals surface area contributed by atoms with E-state index in [1.807, 2.05) is 32.2 Å². The van der Waals surface area contributed by atoms with Crippen LogP contribution in [0.4, 0.5) is 10.1 Å². The van der Waals surface area contributed by atoms with Crippen LogP contribution in [-0.4, -0.2) is 38.7 Å². The van der Waals surface area contributed by atoms with Crippen molar-refractivity contribution in [1.29, 1.82) is 10.8 Å². The van der Waals surface area contributed by atoms with Crippen molar-refractivity contribution in [3.8, 4) is 16.9 Å². The molecule has 0 spiro atoms. The average molecular weight is 412 g/mol. The minimum Gasteiger partial charge on any atom is -0.492 e. The molecule has 0 aliphatic heterocycles. The van der Waals surface area contributed by atoms with E-state index in [-0.39, 0.29) is 12.4 Å². The van der Waals surface area contributed by atoms with Gasteiger partial charge in [-0.05, 0) is 49.2 Å². The Hall–Kier alpha value is -3.19. The minimum absolute atomic E-state index is 0.119. The third kappa shape index (κ3) is 5.45. The number of anilines is 1. The van der Waals surface area contributed by atoms with Crippen LogP contribution in [0.15, 0.2) is 47.7 Å². The Balaban J connectivity index is 2.36. The van der Waals surface area contributed by atoms with Gasteiger partial charge in [-0.2, -0.15) is 0 Å². The van der Waals surface area contributed by atoms with Crippen LogP contribution in [0, 0.1) is 16.6 Å². The number of nitrogens with two attached hydrogens (primary N) is 1. The first-order valence-electron chi connectivity index (χ1n) is 9.77. The topological polar surface area (TPSA) is 107 Å². The summed E-state index contributed by atoms with van der Waals surface area (Å²) in [6, 6.07) is 10.1. The van der Waals surface area contributed by atoms with E-state index in [1.54, 1.807) is 20.0 Å². The normalized spacial score (nSPS) is 11.5. The minimum atomic E-state index is -0.388. The van der Waals surface area contributed by atoms with E-state index in [0.717, 1.165) is 28.1 Å². The highest BCUT2D eigenvalue weighted by atomic mass is 19.1. The largest absolute Gasteiger partial charge is 0.492 e. The number of rotatable bonds is 10. The lowest BCUT2D eigenvalue weighted by Gasteiger charge is -2.16. The molecule has 0 saturated heterocycles. The number of allylic oxidation sites excluding steroid dienone is 1. The fourth-order valence-corrected chi connectivity index (χ4v) is 3.21. The Labute approximate surface area is 177 Å². The molecule has 7 heteroatoms. The number of halogens is 1. The molecule has 0 unspecified atom stereocenters. The summed E-state index contributed by atoms with van der Waals surface area (Å²) >= 11 is 0. The number of hydrogen-bond acceptors (Lipinski definition) is 6. The first-order valence-corrected chi connectivity index (χ1v) is 9.77. The summed E-state index contributed by atoms with van der Waals surface area (Å²) in [5, 5.41) is 22.2. The fraction of sp³-hybridized carbons (Fsp3) is 0.304. The van der Waals surface area contributed by atoms with Gasteiger partial charge in [0.05, 0.1) is 12.3 Å². The van der Waals surface area contributed by atoms with E-state index in [2.05, 4.69) is 10.6 Å². The van der Waals surface area contributed by atoms with Crippen molar-refractivity contribution in [3.63, 3.8) is 0 Å². The van der Waals surface area contributed by atoms with Crippen molar-refractivity contribution in [1.82, 2.24) is 5.32 Å². The van der Waals surface area contributed by atoms with Crippen molar-refractivity contribution in [2.75, 3.05) is 32.6 Å². The van der Waals surface area contributed by atoms with Crippen LogP contribution in [0.5, 0.6) is 5.75 Å². The van der Waals surface area contributed by atoms with Gasteiger partial charge >= 0.3 is 0 Å². The lowest BCUT2D eigenvalue weighted by atomic mass is 9.98. The van der Waals surface area contributed by atoms with Gasteiger partial charge in [-0.1, -0.05) is 6.07 Å². The van der Waals surface area contributed by atoms with E-state index in [0.29, 0.717) is 35.8 Å². The summed E-state index contributed by atoms with van der Waals surface area (Å²) in [6.45, 7) is 4.08. The van der Waals surface area contributed by atoms with Gasteiger partial charge in [0.1, 0.15) is 11.6 Å². The molecule has 2 aromatic rings. The van der Waals surface area contributed by atoms with Crippen molar-refractivity contribution >= 4 is 17.1 Å². The maximum atomic E-state index is 13.9. The monoisotopic (exact) mass is 411 g/mol. The van der Waals surface area contributed by atoms with Crippen LogP contribution in [0.1, 0.15) is 25.8 Å². The summed E-state index contributed by atoms with van der Waals surface area (Å²) in [5.74, 6) is 0.0301. The van der Waals surface area contributed by atoms with Crippen molar-refractivity contribution in [2.45, 2.75) is 20.3 Å². The van der Waals surface area contributed by atoms with Crippen LogP contribution in [-0.2, 0) is 0 Å². The van der Waals surface area contributed by atoms with E-state index in [9.17, 15) is 4.39 Å². The van der Waals surface area contributed by atoms with Gasteiger partial charge in [0.2, 0.25) is 0 Å². The molecule has 0 fully saturated rings. The van der Waals surface area contributed by atoms with Crippen LogP contribution >= 0.6 is 0 Å². The van der Waals surface area contributed by atoms with Gasteiger partial charge in [0.15, 0.2) is 0 Å². The van der Waals surface area contributed by atoms with Gasteiger partial charge in [-0.15, -0.1) is 0 Å². The Kier molecular flexibility index (Phi) is 8.12. The van der Waals surface area contributed by atoms with Crippen molar-refractivity contribution in [2.24, 2.45) is 5.73 Å². The van der Waals surface area contributed by atoms with Crippen molar-refractivity contribution < 1.29 is 9.13 Å². The predicted molar refractivity (Wildman–Crippen MR) is 123 cm³/mol. The number of nitrogens with one attached hydrogen (secondary N) is 4. The number of hydrogen-bond donors (Lipinski definition) is 5. The highest BCUT2D eigenvalue weighted by Gasteiger charge is 2.13. The second-order valence-corrected chi connectivity index (χ2v) is 6.91. The molecular formula is C23H30FN5O. The average Bonchev–Trinajstić information content (AvgIpc) is 2.75. The zero-order valence-corrected chi connectivity index (χ0v) is 17.9. The van der Waals surface area contributed by atoms with Gasteiger partial charge in [-0.3, -0.25) is 0 Å². The van der Waals surface area contributed by atoms with Gasteiger partial charge < -0.3 is 31.9 Å². The standard InChI is InChI=1S/C23H30FN5O/c1-14(26)18(15(2)28-3)9-10-30-23-12-17(24)6-7-19(23)16-5-8-22(29-4)20(11-16)21(27)13-25/h5-8,11-12,26-29H,9-10,13,25H2,1-4H3/b18-15-,26-14?,27-21?. The highest BCUT2D eigenvalue weighted by molar-refractivity contribution is 6.05. The van der Waals surface area contributed by atoms with Gasteiger partial charge in [-0.25, -0.2) is 4.39 Å². The molecular weight excluding hydrogens is 381 g/mol. The van der Waals surface area contributed by atoms with E-state index >= 15 is 0 Å². The third-order valence-electron chi connectivity index (χ3n) is 4.96. The molecule has 30 heavy (non-hydrogen) atoms. The lowest BCUT2D eigenvalue weighted by Crippen LogP contribution is -2.15. The Morgan fingerprint density at radius 2 is 1.83 bits per heavy atom. The van der Waals surface area contributed by atoms with Gasteiger partial charge in [0.25, 0.3) is 0 Å². The second kappa shape index (κ2) is 10.5. The molecule has 6 N–H and O–H groups in total. The van der Waals surface area contributed by atoms with Crippen molar-refractivity contribution in [3.05, 3.63) is 59.0 Å². The quantitative estimate of drug-likeness (QED) is 0.378.